The van der Waals surface area contributed by atoms with Crippen molar-refractivity contribution in [2.45, 2.75) is 26.4 Å². The van der Waals surface area contributed by atoms with Crippen LogP contribution in [-0.4, -0.2) is 49.5 Å². The summed E-state index contributed by atoms with van der Waals surface area (Å²) in [5, 5.41) is 3.35. The van der Waals surface area contributed by atoms with E-state index in [9.17, 15) is 4.79 Å². The van der Waals surface area contributed by atoms with Gasteiger partial charge in [0.2, 0.25) is 0 Å². The second kappa shape index (κ2) is 7.41. The van der Waals surface area contributed by atoms with Crippen LogP contribution < -0.4 is 10.1 Å². The fourth-order valence-corrected chi connectivity index (χ4v) is 2.35. The Morgan fingerprint density at radius 1 is 1.25 bits per heavy atom. The lowest BCUT2D eigenvalue weighted by molar-refractivity contribution is 0.0935. The topological polar surface area (TPSA) is 41.6 Å². The van der Waals surface area contributed by atoms with Crippen LogP contribution in [0, 0.1) is 0 Å². The van der Waals surface area contributed by atoms with E-state index in [0.29, 0.717) is 6.54 Å². The Balaban J connectivity index is 1.91. The molecule has 110 valence electrons. The Morgan fingerprint density at radius 2 is 2.00 bits per heavy atom. The summed E-state index contributed by atoms with van der Waals surface area (Å²) in [6.07, 6.45) is 1.26. The lowest BCUT2D eigenvalue weighted by Crippen LogP contribution is -2.33. The molecule has 1 fully saturated rings. The summed E-state index contributed by atoms with van der Waals surface area (Å²) in [7, 11) is 0. The molecule has 4 heteroatoms. The fourth-order valence-electron chi connectivity index (χ4n) is 2.35. The lowest BCUT2D eigenvalue weighted by atomic mass is 10.1. The van der Waals surface area contributed by atoms with Crippen LogP contribution in [0.15, 0.2) is 24.3 Å². The minimum atomic E-state index is 0.154. The van der Waals surface area contributed by atoms with E-state index >= 15 is 0 Å². The summed E-state index contributed by atoms with van der Waals surface area (Å²) in [5.74, 6) is 0.999. The van der Waals surface area contributed by atoms with Crippen molar-refractivity contribution < 1.29 is 9.53 Å². The van der Waals surface area contributed by atoms with Crippen molar-refractivity contribution in [2.24, 2.45) is 0 Å². The number of rotatable bonds is 5. The van der Waals surface area contributed by atoms with Gasteiger partial charge in [-0.15, -0.1) is 0 Å². The van der Waals surface area contributed by atoms with E-state index in [1.165, 1.54) is 0 Å². The normalized spacial score (nSPS) is 16.9. The van der Waals surface area contributed by atoms with Crippen LogP contribution in [0.4, 0.5) is 0 Å². The smallest absolute Gasteiger partial charge is 0.176 e. The Hall–Kier alpha value is -1.39. The molecule has 0 unspecified atom stereocenters. The first-order valence-electron chi connectivity index (χ1n) is 7.38. The Bertz CT molecular complexity index is 421. The van der Waals surface area contributed by atoms with Crippen LogP contribution in [0.2, 0.25) is 0 Å². The predicted octanol–water partition coefficient (Wildman–Crippen LogP) is 1.95. The molecule has 0 aromatic heterocycles. The summed E-state index contributed by atoms with van der Waals surface area (Å²) >= 11 is 0. The summed E-state index contributed by atoms with van der Waals surface area (Å²) in [6.45, 7) is 8.44. The molecule has 1 heterocycles. The minimum Gasteiger partial charge on any atom is -0.491 e. The SMILES string of the molecule is CC(C)Oc1ccc(C(=O)CN2CCCNCC2)cc1. The molecule has 1 aromatic carbocycles. The number of carbonyl (C=O) groups is 1. The van der Waals surface area contributed by atoms with E-state index in [2.05, 4.69) is 10.2 Å². The van der Waals surface area contributed by atoms with E-state index in [-0.39, 0.29) is 11.9 Å². The molecule has 1 aliphatic heterocycles. The highest BCUT2D eigenvalue weighted by molar-refractivity contribution is 5.97. The average Bonchev–Trinajstić information content (AvgIpc) is 2.67. The number of carbonyl (C=O) groups excluding carboxylic acids is 1. The van der Waals surface area contributed by atoms with Crippen molar-refractivity contribution in [1.82, 2.24) is 10.2 Å². The monoisotopic (exact) mass is 276 g/mol. The number of ether oxygens (including phenoxy) is 1. The number of hydrogen-bond acceptors (Lipinski definition) is 4. The zero-order valence-corrected chi connectivity index (χ0v) is 12.4. The third-order valence-electron chi connectivity index (χ3n) is 3.35. The van der Waals surface area contributed by atoms with Crippen molar-refractivity contribution in [1.29, 1.82) is 0 Å². The molecule has 4 nitrogen and oxygen atoms in total. The number of benzene rings is 1. The van der Waals surface area contributed by atoms with Crippen LogP contribution in [0.1, 0.15) is 30.6 Å². The van der Waals surface area contributed by atoms with Crippen LogP contribution in [0.5, 0.6) is 5.75 Å². The van der Waals surface area contributed by atoms with Gasteiger partial charge in [0, 0.05) is 18.7 Å². The fraction of sp³-hybridized carbons (Fsp3) is 0.562. The van der Waals surface area contributed by atoms with E-state index in [1.807, 2.05) is 38.1 Å². The molecule has 1 N–H and O–H groups in total. The number of nitrogens with one attached hydrogen (secondary N) is 1. The quantitative estimate of drug-likeness (QED) is 0.835. The molecular weight excluding hydrogens is 252 g/mol. The molecule has 0 spiro atoms. The largest absolute Gasteiger partial charge is 0.491 e. The minimum absolute atomic E-state index is 0.154. The molecule has 2 rings (SSSR count). The molecular formula is C16H24N2O2. The van der Waals surface area contributed by atoms with Crippen LogP contribution in [0.25, 0.3) is 0 Å². The van der Waals surface area contributed by atoms with Gasteiger partial charge in [-0.05, 0) is 57.6 Å². The van der Waals surface area contributed by atoms with Gasteiger partial charge in [0.25, 0.3) is 0 Å². The Kier molecular flexibility index (Phi) is 5.56. The van der Waals surface area contributed by atoms with Crippen molar-refractivity contribution in [3.05, 3.63) is 29.8 Å². The second-order valence-electron chi connectivity index (χ2n) is 5.49. The zero-order chi connectivity index (χ0) is 14.4. The molecule has 1 saturated heterocycles. The maximum atomic E-state index is 12.3. The molecule has 0 bridgehead atoms. The first-order valence-corrected chi connectivity index (χ1v) is 7.38. The van der Waals surface area contributed by atoms with Crippen LogP contribution in [0.3, 0.4) is 0 Å². The van der Waals surface area contributed by atoms with Crippen molar-refractivity contribution in [3.8, 4) is 5.75 Å². The van der Waals surface area contributed by atoms with Gasteiger partial charge in [0.15, 0.2) is 5.78 Å². The molecule has 0 amide bonds. The van der Waals surface area contributed by atoms with E-state index in [1.54, 1.807) is 0 Å². The van der Waals surface area contributed by atoms with Gasteiger partial charge in [-0.3, -0.25) is 9.69 Å². The number of hydrogen-bond donors (Lipinski definition) is 1. The zero-order valence-electron chi connectivity index (χ0n) is 12.4. The third-order valence-corrected chi connectivity index (χ3v) is 3.35. The molecule has 0 radical (unpaired) electrons. The highest BCUT2D eigenvalue weighted by atomic mass is 16.5. The molecule has 1 aromatic rings. The van der Waals surface area contributed by atoms with Gasteiger partial charge in [-0.1, -0.05) is 0 Å². The lowest BCUT2D eigenvalue weighted by Gasteiger charge is -2.18. The molecule has 20 heavy (non-hydrogen) atoms. The van der Waals surface area contributed by atoms with Gasteiger partial charge in [-0.25, -0.2) is 0 Å². The van der Waals surface area contributed by atoms with Gasteiger partial charge in [0.05, 0.1) is 12.6 Å². The van der Waals surface area contributed by atoms with Gasteiger partial charge < -0.3 is 10.1 Å². The van der Waals surface area contributed by atoms with Gasteiger partial charge >= 0.3 is 0 Å². The Labute approximate surface area is 121 Å². The molecule has 0 atom stereocenters. The number of Topliss-reactive ketones (excluding diaryl/α,β-unsaturated/α-hetero) is 1. The second-order valence-corrected chi connectivity index (χ2v) is 5.49. The molecule has 0 aliphatic carbocycles. The van der Waals surface area contributed by atoms with Crippen molar-refractivity contribution in [2.75, 3.05) is 32.7 Å². The summed E-state index contributed by atoms with van der Waals surface area (Å²) in [6, 6.07) is 7.46. The van der Waals surface area contributed by atoms with E-state index in [0.717, 1.165) is 43.9 Å². The van der Waals surface area contributed by atoms with Gasteiger partial charge in [-0.2, -0.15) is 0 Å². The summed E-state index contributed by atoms with van der Waals surface area (Å²) in [4.78, 5) is 14.5. The Morgan fingerprint density at radius 3 is 2.70 bits per heavy atom. The number of nitrogens with zero attached hydrogens (tertiary/aromatic N) is 1. The van der Waals surface area contributed by atoms with Crippen molar-refractivity contribution >= 4 is 5.78 Å². The van der Waals surface area contributed by atoms with Crippen LogP contribution in [-0.2, 0) is 0 Å². The van der Waals surface area contributed by atoms with Crippen molar-refractivity contribution in [3.63, 3.8) is 0 Å². The first-order chi connectivity index (χ1) is 9.65. The summed E-state index contributed by atoms with van der Waals surface area (Å²) < 4.78 is 5.59. The maximum absolute atomic E-state index is 12.3. The summed E-state index contributed by atoms with van der Waals surface area (Å²) in [5.41, 5.74) is 0.762. The van der Waals surface area contributed by atoms with Gasteiger partial charge in [0.1, 0.15) is 5.75 Å². The molecule has 0 saturated carbocycles. The first kappa shape index (κ1) is 15.0. The van der Waals surface area contributed by atoms with Crippen LogP contribution >= 0.6 is 0 Å². The molecule has 1 aliphatic rings. The highest BCUT2D eigenvalue weighted by Crippen LogP contribution is 2.14. The van der Waals surface area contributed by atoms with E-state index < -0.39 is 0 Å². The predicted molar refractivity (Wildman–Crippen MR) is 80.5 cm³/mol. The number of ketones is 1. The maximum Gasteiger partial charge on any atom is 0.176 e. The average molecular weight is 276 g/mol. The standard InChI is InChI=1S/C16H24N2O2/c1-13(2)20-15-6-4-14(5-7-15)16(19)12-18-10-3-8-17-9-11-18/h4-7,13,17H,3,8-12H2,1-2H3. The third kappa shape index (κ3) is 4.62. The van der Waals surface area contributed by atoms with E-state index in [4.69, 9.17) is 4.74 Å². The highest BCUT2D eigenvalue weighted by Gasteiger charge is 2.14.